The number of rotatable bonds is 9. The average Bonchev–Trinajstić information content (AvgIpc) is 2.78. The minimum absolute atomic E-state index is 0.0914. The van der Waals surface area contributed by atoms with E-state index in [2.05, 4.69) is 23.5 Å². The zero-order valence-electron chi connectivity index (χ0n) is 18.4. The smallest absolute Gasteiger partial charge is 0.242 e. The van der Waals surface area contributed by atoms with Gasteiger partial charge in [0, 0.05) is 29.9 Å². The van der Waals surface area contributed by atoms with Gasteiger partial charge in [-0.25, -0.2) is 13.2 Å². The molecule has 0 radical (unpaired) electrons. The molecule has 1 heterocycles. The number of carbonyl (C=O) groups excluding carboxylic acids is 1. The number of anilines is 1. The van der Waals surface area contributed by atoms with Gasteiger partial charge in [0.05, 0.1) is 12.5 Å². The average molecular weight is 461 g/mol. The summed E-state index contributed by atoms with van der Waals surface area (Å²) in [6.07, 6.45) is 0.989. The Balaban J connectivity index is 1.84. The minimum Gasteiger partial charge on any atom is -0.439 e. The van der Waals surface area contributed by atoms with E-state index in [0.29, 0.717) is 18.8 Å². The number of nitrogens with two attached hydrogens (primary N) is 1. The largest absolute Gasteiger partial charge is 0.439 e. The van der Waals surface area contributed by atoms with Crippen LogP contribution in [0.15, 0.2) is 59.9 Å². The lowest BCUT2D eigenvalue weighted by Gasteiger charge is -2.40. The van der Waals surface area contributed by atoms with Crippen molar-refractivity contribution in [3.05, 3.63) is 77.6 Å². The second-order valence-electron chi connectivity index (χ2n) is 7.88. The number of alkyl halides is 1. The first-order valence-corrected chi connectivity index (χ1v) is 10.6. The number of ether oxygens (including phenoxy) is 1. The lowest BCUT2D eigenvalue weighted by atomic mass is 9.97. The molecular weight excluding hydrogens is 433 g/mol. The maximum absolute atomic E-state index is 15.0. The standard InChI is InChI=1S/C24H27F3N4O2/c1-3-9-30-13-19(14-30)24(32)31(21-6-4-5-20(26)11-21)15-18-8-7-17(10-22(18)27)23(29-28)33-16(2)12-25/h4-8,10-11,19H,2-3,9,12-15,28H2,1H3/b29-23-. The third-order valence-corrected chi connectivity index (χ3v) is 5.37. The van der Waals surface area contributed by atoms with Crippen LogP contribution in [-0.2, 0) is 16.1 Å². The van der Waals surface area contributed by atoms with Gasteiger partial charge in [0.25, 0.3) is 0 Å². The summed E-state index contributed by atoms with van der Waals surface area (Å²) < 4.78 is 46.6. The normalized spacial score (nSPS) is 14.6. The predicted octanol–water partition coefficient (Wildman–Crippen LogP) is 3.96. The van der Waals surface area contributed by atoms with Crippen molar-refractivity contribution in [1.29, 1.82) is 0 Å². The maximum Gasteiger partial charge on any atom is 0.242 e. The molecule has 33 heavy (non-hydrogen) atoms. The molecule has 2 aromatic carbocycles. The molecule has 0 spiro atoms. The minimum atomic E-state index is -0.943. The highest BCUT2D eigenvalue weighted by molar-refractivity contribution is 5.96. The molecule has 3 rings (SSSR count). The van der Waals surface area contributed by atoms with Crippen molar-refractivity contribution in [2.24, 2.45) is 16.9 Å². The molecule has 0 saturated carbocycles. The molecule has 1 aliphatic heterocycles. The van der Waals surface area contributed by atoms with E-state index in [1.54, 1.807) is 6.07 Å². The van der Waals surface area contributed by atoms with Crippen molar-refractivity contribution in [1.82, 2.24) is 4.90 Å². The van der Waals surface area contributed by atoms with Crippen LogP contribution in [0.4, 0.5) is 18.9 Å². The van der Waals surface area contributed by atoms with Crippen molar-refractivity contribution < 1.29 is 22.7 Å². The Labute approximate surface area is 191 Å². The van der Waals surface area contributed by atoms with Crippen molar-refractivity contribution in [2.75, 3.05) is 31.2 Å². The van der Waals surface area contributed by atoms with Crippen molar-refractivity contribution in [2.45, 2.75) is 19.9 Å². The van der Waals surface area contributed by atoms with Crippen LogP contribution in [-0.4, -0.2) is 43.0 Å². The highest BCUT2D eigenvalue weighted by atomic mass is 19.1. The third kappa shape index (κ3) is 5.92. The number of amides is 1. The van der Waals surface area contributed by atoms with Gasteiger partial charge in [-0.05, 0) is 43.3 Å². The van der Waals surface area contributed by atoms with Gasteiger partial charge in [-0.3, -0.25) is 4.79 Å². The van der Waals surface area contributed by atoms with E-state index in [4.69, 9.17) is 10.6 Å². The van der Waals surface area contributed by atoms with Gasteiger partial charge in [0.15, 0.2) is 0 Å². The number of hydrogen-bond acceptors (Lipinski definition) is 5. The number of carbonyl (C=O) groups is 1. The van der Waals surface area contributed by atoms with Crippen LogP contribution in [0.25, 0.3) is 0 Å². The first kappa shape index (κ1) is 24.3. The molecule has 9 heteroatoms. The van der Waals surface area contributed by atoms with Crippen LogP contribution in [0.1, 0.15) is 24.5 Å². The summed E-state index contributed by atoms with van der Waals surface area (Å²) in [5.41, 5.74) is 0.747. The van der Waals surface area contributed by atoms with E-state index < -0.39 is 18.3 Å². The third-order valence-electron chi connectivity index (χ3n) is 5.37. The van der Waals surface area contributed by atoms with E-state index in [1.807, 2.05) is 0 Å². The Bertz CT molecular complexity index is 1040. The number of halogens is 3. The number of allylic oxidation sites excluding steroid dienone is 1. The summed E-state index contributed by atoms with van der Waals surface area (Å²) in [7, 11) is 0. The number of nitrogens with zero attached hydrogens (tertiary/aromatic N) is 3. The lowest BCUT2D eigenvalue weighted by molar-refractivity contribution is -0.127. The molecule has 1 fully saturated rings. The second kappa shape index (κ2) is 11.0. The molecule has 0 aromatic heterocycles. The fraction of sp³-hybridized carbons (Fsp3) is 0.333. The van der Waals surface area contributed by atoms with Crippen LogP contribution in [0.2, 0.25) is 0 Å². The quantitative estimate of drug-likeness (QED) is 0.202. The summed E-state index contributed by atoms with van der Waals surface area (Å²) in [4.78, 5) is 16.8. The fourth-order valence-electron chi connectivity index (χ4n) is 3.69. The molecule has 176 valence electrons. The summed E-state index contributed by atoms with van der Waals surface area (Å²) in [5.74, 6) is 3.31. The van der Waals surface area contributed by atoms with Gasteiger partial charge in [0.2, 0.25) is 11.8 Å². The summed E-state index contributed by atoms with van der Waals surface area (Å²) >= 11 is 0. The Morgan fingerprint density at radius 1 is 1.27 bits per heavy atom. The van der Waals surface area contributed by atoms with E-state index in [1.165, 1.54) is 35.2 Å². The van der Waals surface area contributed by atoms with Gasteiger partial charge in [-0.2, -0.15) is 0 Å². The van der Waals surface area contributed by atoms with E-state index in [9.17, 15) is 18.0 Å². The monoisotopic (exact) mass is 460 g/mol. The zero-order chi connectivity index (χ0) is 24.0. The Morgan fingerprint density at radius 3 is 2.64 bits per heavy atom. The summed E-state index contributed by atoms with van der Waals surface area (Å²) in [6, 6.07) is 9.75. The van der Waals surface area contributed by atoms with Crippen LogP contribution in [0, 0.1) is 17.6 Å². The molecule has 6 nitrogen and oxygen atoms in total. The topological polar surface area (TPSA) is 71.2 Å². The van der Waals surface area contributed by atoms with E-state index in [-0.39, 0.29) is 41.2 Å². The van der Waals surface area contributed by atoms with E-state index in [0.717, 1.165) is 19.0 Å². The number of hydrazone groups is 1. The van der Waals surface area contributed by atoms with Crippen LogP contribution in [0.3, 0.4) is 0 Å². The van der Waals surface area contributed by atoms with Gasteiger partial charge >= 0.3 is 0 Å². The molecule has 0 bridgehead atoms. The number of hydrogen-bond donors (Lipinski definition) is 1. The van der Waals surface area contributed by atoms with Gasteiger partial charge in [0.1, 0.15) is 24.1 Å². The summed E-state index contributed by atoms with van der Waals surface area (Å²) in [6.45, 7) is 6.54. The van der Waals surface area contributed by atoms with Crippen molar-refractivity contribution in [3.63, 3.8) is 0 Å². The summed E-state index contributed by atoms with van der Waals surface area (Å²) in [5, 5.41) is 3.42. The van der Waals surface area contributed by atoms with Crippen LogP contribution < -0.4 is 10.7 Å². The molecule has 0 atom stereocenters. The lowest BCUT2D eigenvalue weighted by Crippen LogP contribution is -2.54. The Kier molecular flexibility index (Phi) is 8.11. The van der Waals surface area contributed by atoms with E-state index >= 15 is 0 Å². The molecule has 1 aliphatic rings. The maximum atomic E-state index is 15.0. The zero-order valence-corrected chi connectivity index (χ0v) is 18.4. The predicted molar refractivity (Wildman–Crippen MR) is 121 cm³/mol. The van der Waals surface area contributed by atoms with Gasteiger partial charge in [-0.15, -0.1) is 5.10 Å². The molecule has 0 unspecified atom stereocenters. The number of likely N-dealkylation sites (tertiary alicyclic amines) is 1. The second-order valence-corrected chi connectivity index (χ2v) is 7.88. The highest BCUT2D eigenvalue weighted by Gasteiger charge is 2.35. The highest BCUT2D eigenvalue weighted by Crippen LogP contribution is 2.26. The molecular formula is C24H27F3N4O2. The van der Waals surface area contributed by atoms with Crippen LogP contribution in [0.5, 0.6) is 0 Å². The van der Waals surface area contributed by atoms with Crippen molar-refractivity contribution in [3.8, 4) is 0 Å². The molecule has 1 saturated heterocycles. The molecule has 2 aromatic rings. The Morgan fingerprint density at radius 2 is 2.03 bits per heavy atom. The Hall–Kier alpha value is -3.33. The van der Waals surface area contributed by atoms with Crippen LogP contribution >= 0.6 is 0 Å². The molecule has 1 amide bonds. The SMILES string of the molecule is C=C(CF)O/C(=N\N)c1ccc(CN(C(=O)C2CN(CCC)C2)c2cccc(F)c2)c(F)c1. The van der Waals surface area contributed by atoms with Gasteiger partial charge < -0.3 is 20.4 Å². The fourth-order valence-corrected chi connectivity index (χ4v) is 3.69. The first-order valence-electron chi connectivity index (χ1n) is 10.6. The van der Waals surface area contributed by atoms with Gasteiger partial charge in [-0.1, -0.05) is 25.6 Å². The first-order chi connectivity index (χ1) is 15.9. The number of benzene rings is 2. The van der Waals surface area contributed by atoms with Crippen molar-refractivity contribution >= 4 is 17.5 Å². The molecule has 0 aliphatic carbocycles. The molecule has 2 N–H and O–H groups in total.